The number of amides is 1. The first-order chi connectivity index (χ1) is 13.5. The molecule has 2 aromatic rings. The van der Waals surface area contributed by atoms with E-state index in [2.05, 4.69) is 5.32 Å². The number of esters is 1. The number of hydrogen-bond donors (Lipinski definition) is 1. The van der Waals surface area contributed by atoms with Crippen LogP contribution in [0.4, 0.5) is 5.69 Å². The van der Waals surface area contributed by atoms with Gasteiger partial charge in [0.15, 0.2) is 6.61 Å². The topological polar surface area (TPSA) is 98.5 Å². The van der Waals surface area contributed by atoms with Gasteiger partial charge < -0.3 is 10.1 Å². The van der Waals surface area contributed by atoms with E-state index in [4.69, 9.17) is 4.74 Å². The molecular formula is C21H22N2O5. The average molecular weight is 382 g/mol. The number of nitro benzene ring substituents is 1. The molecule has 0 aliphatic rings. The zero-order valence-corrected chi connectivity index (χ0v) is 15.5. The van der Waals surface area contributed by atoms with E-state index in [1.165, 1.54) is 24.3 Å². The molecular weight excluding hydrogens is 360 g/mol. The maximum Gasteiger partial charge on any atom is 0.331 e. The highest BCUT2D eigenvalue weighted by molar-refractivity contribution is 5.89. The Bertz CT molecular complexity index is 849. The van der Waals surface area contributed by atoms with E-state index >= 15 is 0 Å². The van der Waals surface area contributed by atoms with Crippen molar-refractivity contribution in [3.05, 3.63) is 81.9 Å². The van der Waals surface area contributed by atoms with Crippen LogP contribution in [0.25, 0.3) is 6.08 Å². The number of carbonyl (C=O) groups excluding carboxylic acids is 2. The molecule has 0 bridgehead atoms. The molecule has 1 N–H and O–H groups in total. The summed E-state index contributed by atoms with van der Waals surface area (Å²) in [6, 6.07) is 15.3. The van der Waals surface area contributed by atoms with Crippen LogP contribution in [0.15, 0.2) is 60.7 Å². The van der Waals surface area contributed by atoms with Crippen LogP contribution in [-0.2, 0) is 14.3 Å². The number of nitro groups is 1. The van der Waals surface area contributed by atoms with Crippen molar-refractivity contribution >= 4 is 23.6 Å². The normalized spacial score (nSPS) is 11.8. The lowest BCUT2D eigenvalue weighted by Crippen LogP contribution is -2.32. The Labute approximate surface area is 163 Å². The van der Waals surface area contributed by atoms with Crippen LogP contribution in [0, 0.1) is 10.1 Å². The van der Waals surface area contributed by atoms with Crippen LogP contribution in [-0.4, -0.2) is 23.4 Å². The zero-order chi connectivity index (χ0) is 20.4. The third kappa shape index (κ3) is 6.68. The Balaban J connectivity index is 1.86. The summed E-state index contributed by atoms with van der Waals surface area (Å²) in [5.41, 5.74) is 1.41. The molecule has 0 aromatic heterocycles. The van der Waals surface area contributed by atoms with Gasteiger partial charge in [0.25, 0.3) is 11.6 Å². The third-order valence-corrected chi connectivity index (χ3v) is 3.95. The van der Waals surface area contributed by atoms with Crippen molar-refractivity contribution in [1.82, 2.24) is 5.32 Å². The van der Waals surface area contributed by atoms with Gasteiger partial charge >= 0.3 is 5.97 Å². The summed E-state index contributed by atoms with van der Waals surface area (Å²) in [7, 11) is 0. The molecule has 0 saturated carbocycles. The molecule has 1 atom stereocenters. The van der Waals surface area contributed by atoms with Gasteiger partial charge in [0.2, 0.25) is 0 Å². The largest absolute Gasteiger partial charge is 0.452 e. The van der Waals surface area contributed by atoms with Gasteiger partial charge in [0, 0.05) is 18.2 Å². The van der Waals surface area contributed by atoms with E-state index in [1.807, 2.05) is 37.3 Å². The van der Waals surface area contributed by atoms with Gasteiger partial charge in [-0.05, 0) is 23.6 Å². The molecule has 2 aromatic carbocycles. The lowest BCUT2D eigenvalue weighted by atomic mass is 10.0. The SMILES string of the molecule is CCC[C@H](NC(=O)COC(=O)/C=C/c1cccc([N+](=O)[O-])c1)c1ccccc1. The van der Waals surface area contributed by atoms with Crippen molar-refractivity contribution in [2.45, 2.75) is 25.8 Å². The summed E-state index contributed by atoms with van der Waals surface area (Å²) in [5.74, 6) is -1.09. The first-order valence-electron chi connectivity index (χ1n) is 8.93. The predicted molar refractivity (Wildman–Crippen MR) is 105 cm³/mol. The smallest absolute Gasteiger partial charge is 0.331 e. The van der Waals surface area contributed by atoms with Gasteiger partial charge in [-0.15, -0.1) is 0 Å². The Morgan fingerprint density at radius 1 is 1.18 bits per heavy atom. The Hall–Kier alpha value is -3.48. The van der Waals surface area contributed by atoms with Crippen molar-refractivity contribution in [3.8, 4) is 0 Å². The van der Waals surface area contributed by atoms with Crippen molar-refractivity contribution in [1.29, 1.82) is 0 Å². The highest BCUT2D eigenvalue weighted by Gasteiger charge is 2.14. The molecule has 0 radical (unpaired) electrons. The molecule has 0 fully saturated rings. The quantitative estimate of drug-likeness (QED) is 0.308. The number of ether oxygens (including phenoxy) is 1. The van der Waals surface area contributed by atoms with E-state index in [1.54, 1.807) is 6.07 Å². The van der Waals surface area contributed by atoms with Gasteiger partial charge in [-0.2, -0.15) is 0 Å². The molecule has 2 rings (SSSR count). The van der Waals surface area contributed by atoms with E-state index in [0.29, 0.717) is 5.56 Å². The molecule has 0 aliphatic heterocycles. The summed E-state index contributed by atoms with van der Waals surface area (Å²) in [6.07, 6.45) is 4.20. The molecule has 0 saturated heterocycles. The molecule has 0 heterocycles. The van der Waals surface area contributed by atoms with Crippen LogP contribution in [0.3, 0.4) is 0 Å². The lowest BCUT2D eigenvalue weighted by Gasteiger charge is -2.18. The van der Waals surface area contributed by atoms with Crippen LogP contribution in [0.2, 0.25) is 0 Å². The summed E-state index contributed by atoms with van der Waals surface area (Å²) in [5, 5.41) is 13.6. The first kappa shape index (κ1) is 20.8. The number of rotatable bonds is 9. The van der Waals surface area contributed by atoms with E-state index in [9.17, 15) is 19.7 Å². The standard InChI is InChI=1S/C21H22N2O5/c1-2-7-19(17-9-4-3-5-10-17)22-20(24)15-28-21(25)13-12-16-8-6-11-18(14-16)23(26)27/h3-6,8-14,19H,2,7,15H2,1H3,(H,22,24)/b13-12+/t19-/m0/s1. The summed E-state index contributed by atoms with van der Waals surface area (Å²) >= 11 is 0. The molecule has 0 aliphatic carbocycles. The van der Waals surface area contributed by atoms with Crippen LogP contribution in [0.1, 0.15) is 36.9 Å². The Morgan fingerprint density at radius 2 is 1.93 bits per heavy atom. The molecule has 28 heavy (non-hydrogen) atoms. The predicted octanol–water partition coefficient (Wildman–Crippen LogP) is 3.81. The van der Waals surface area contributed by atoms with E-state index in [0.717, 1.165) is 24.5 Å². The van der Waals surface area contributed by atoms with Gasteiger partial charge in [0.1, 0.15) is 0 Å². The summed E-state index contributed by atoms with van der Waals surface area (Å²) in [4.78, 5) is 34.1. The van der Waals surface area contributed by atoms with Crippen LogP contribution >= 0.6 is 0 Å². The first-order valence-corrected chi connectivity index (χ1v) is 8.93. The molecule has 146 valence electrons. The second-order valence-corrected chi connectivity index (χ2v) is 6.11. The second kappa shape index (κ2) is 10.6. The second-order valence-electron chi connectivity index (χ2n) is 6.11. The fourth-order valence-electron chi connectivity index (χ4n) is 2.62. The van der Waals surface area contributed by atoms with Crippen LogP contribution < -0.4 is 5.32 Å². The molecule has 0 unspecified atom stereocenters. The van der Waals surface area contributed by atoms with Crippen LogP contribution in [0.5, 0.6) is 0 Å². The Kier molecular flexibility index (Phi) is 7.90. The minimum absolute atomic E-state index is 0.0715. The average Bonchev–Trinajstić information content (AvgIpc) is 2.71. The fourth-order valence-corrected chi connectivity index (χ4v) is 2.62. The minimum atomic E-state index is -0.701. The van der Waals surface area contributed by atoms with Gasteiger partial charge in [0.05, 0.1) is 11.0 Å². The zero-order valence-electron chi connectivity index (χ0n) is 15.5. The van der Waals surface area contributed by atoms with Crippen molar-refractivity contribution in [2.24, 2.45) is 0 Å². The number of nitrogens with zero attached hydrogens (tertiary/aromatic N) is 1. The molecule has 7 nitrogen and oxygen atoms in total. The fraction of sp³-hybridized carbons (Fsp3) is 0.238. The van der Waals surface area contributed by atoms with E-state index < -0.39 is 17.5 Å². The van der Waals surface area contributed by atoms with E-state index in [-0.39, 0.29) is 17.6 Å². The maximum atomic E-state index is 12.1. The number of benzene rings is 2. The number of non-ortho nitro benzene ring substituents is 1. The number of carbonyl (C=O) groups is 2. The highest BCUT2D eigenvalue weighted by atomic mass is 16.6. The van der Waals surface area contributed by atoms with Crippen molar-refractivity contribution < 1.29 is 19.2 Å². The molecule has 0 spiro atoms. The van der Waals surface area contributed by atoms with Gasteiger partial charge in [-0.3, -0.25) is 14.9 Å². The highest BCUT2D eigenvalue weighted by Crippen LogP contribution is 2.18. The number of hydrogen-bond acceptors (Lipinski definition) is 5. The number of nitrogens with one attached hydrogen (secondary N) is 1. The third-order valence-electron chi connectivity index (χ3n) is 3.95. The van der Waals surface area contributed by atoms with Gasteiger partial charge in [-0.1, -0.05) is 55.8 Å². The maximum absolute atomic E-state index is 12.1. The monoisotopic (exact) mass is 382 g/mol. The van der Waals surface area contributed by atoms with Gasteiger partial charge in [-0.25, -0.2) is 4.79 Å². The molecule has 7 heteroatoms. The van der Waals surface area contributed by atoms with Crippen molar-refractivity contribution in [3.63, 3.8) is 0 Å². The molecule has 1 amide bonds. The minimum Gasteiger partial charge on any atom is -0.452 e. The Morgan fingerprint density at radius 3 is 2.61 bits per heavy atom. The van der Waals surface area contributed by atoms with Crippen molar-refractivity contribution in [2.75, 3.05) is 6.61 Å². The summed E-state index contributed by atoms with van der Waals surface area (Å²) in [6.45, 7) is 1.63. The lowest BCUT2D eigenvalue weighted by molar-refractivity contribution is -0.384. The summed E-state index contributed by atoms with van der Waals surface area (Å²) < 4.78 is 4.95.